The lowest BCUT2D eigenvalue weighted by Gasteiger charge is -2.12. The minimum absolute atomic E-state index is 0.105. The lowest BCUT2D eigenvalue weighted by molar-refractivity contribution is -0.139. The molecule has 0 radical (unpaired) electrons. The number of esters is 2. The number of carbonyl (C=O) groups is 2. The number of hydrogen-bond donors (Lipinski definition) is 2. The minimum Gasteiger partial charge on any atom is -0.490 e. The largest absolute Gasteiger partial charge is 0.490 e. The molecule has 246 valence electrons. The molecule has 0 aromatic heterocycles. The zero-order chi connectivity index (χ0) is 34.1. The van der Waals surface area contributed by atoms with Gasteiger partial charge < -0.3 is 24.4 Å². The van der Waals surface area contributed by atoms with Crippen LogP contribution in [0.2, 0.25) is 0 Å². The van der Waals surface area contributed by atoms with Gasteiger partial charge in [-0.1, -0.05) is 13.2 Å². The normalized spacial score (nSPS) is 10.8. The van der Waals surface area contributed by atoms with Crippen LogP contribution in [0, 0.1) is 12.7 Å². The molecule has 0 amide bonds. The molecule has 2 N–H and O–H groups in total. The van der Waals surface area contributed by atoms with Crippen LogP contribution in [0.5, 0.6) is 11.5 Å². The van der Waals surface area contributed by atoms with Crippen molar-refractivity contribution in [3.8, 4) is 11.5 Å². The third kappa shape index (κ3) is 11.2. The fraction of sp³-hybridized carbons (Fsp3) is 0.143. The van der Waals surface area contributed by atoms with Crippen LogP contribution in [0.15, 0.2) is 131 Å². The highest BCUT2D eigenvalue weighted by Crippen LogP contribution is 2.28. The van der Waals surface area contributed by atoms with E-state index in [2.05, 4.69) is 44.5 Å². The zero-order valence-corrected chi connectivity index (χ0v) is 26.1. The molecule has 0 atom stereocenters. The highest BCUT2D eigenvalue weighted by atomic mass is 19.1. The summed E-state index contributed by atoms with van der Waals surface area (Å²) >= 11 is 0. The molecule has 0 heterocycles. The van der Waals surface area contributed by atoms with Crippen molar-refractivity contribution in [2.45, 2.75) is 6.92 Å². The zero-order valence-electron chi connectivity index (χ0n) is 26.1. The molecule has 0 aliphatic heterocycles. The second-order valence-corrected chi connectivity index (χ2v) is 9.74. The van der Waals surface area contributed by atoms with Crippen LogP contribution >= 0.6 is 0 Å². The van der Waals surface area contributed by atoms with Gasteiger partial charge in [0.15, 0.2) is 0 Å². The summed E-state index contributed by atoms with van der Waals surface area (Å²) in [6.45, 7) is 9.19. The van der Waals surface area contributed by atoms with Gasteiger partial charge in [-0.25, -0.2) is 14.0 Å². The fourth-order valence-electron chi connectivity index (χ4n) is 3.82. The first-order chi connectivity index (χ1) is 23.3. The predicted octanol–water partition coefficient (Wildman–Crippen LogP) is 8.62. The van der Waals surface area contributed by atoms with Crippen molar-refractivity contribution in [3.05, 3.63) is 122 Å². The molecular formula is C35H33FN6O6. The maximum atomic E-state index is 14.8. The predicted molar refractivity (Wildman–Crippen MR) is 179 cm³/mol. The molecular weight excluding hydrogens is 619 g/mol. The number of carbonyl (C=O) groups excluding carboxylic acids is 2. The quantitative estimate of drug-likeness (QED) is 0.0379. The summed E-state index contributed by atoms with van der Waals surface area (Å²) in [7, 11) is 0. The fourth-order valence-corrected chi connectivity index (χ4v) is 3.82. The number of nitrogens with one attached hydrogen (secondary N) is 2. The molecule has 0 fully saturated rings. The molecule has 0 saturated carbocycles. The summed E-state index contributed by atoms with van der Waals surface area (Å²) in [5.74, 6) is -0.347. The molecule has 13 heteroatoms. The summed E-state index contributed by atoms with van der Waals surface area (Å²) < 4.78 is 35.5. The van der Waals surface area contributed by atoms with Gasteiger partial charge in [-0.3, -0.25) is 5.43 Å². The van der Waals surface area contributed by atoms with E-state index in [-0.39, 0.29) is 32.1 Å². The number of hydrazine groups is 1. The van der Waals surface area contributed by atoms with Crippen molar-refractivity contribution in [3.63, 3.8) is 0 Å². The average molecular weight is 653 g/mol. The molecule has 0 bridgehead atoms. The average Bonchev–Trinajstić information content (AvgIpc) is 3.11. The van der Waals surface area contributed by atoms with E-state index in [1.165, 1.54) is 6.07 Å². The van der Waals surface area contributed by atoms with Crippen molar-refractivity contribution < 1.29 is 32.9 Å². The van der Waals surface area contributed by atoms with Crippen LogP contribution < -0.4 is 20.3 Å². The Hall–Kier alpha value is -6.37. The summed E-state index contributed by atoms with van der Waals surface area (Å²) in [6, 6.07) is 23.7. The van der Waals surface area contributed by atoms with E-state index in [1.54, 1.807) is 72.8 Å². The first-order valence-electron chi connectivity index (χ1n) is 14.6. The van der Waals surface area contributed by atoms with Crippen molar-refractivity contribution in [1.82, 2.24) is 0 Å². The number of aryl methyl sites for hydroxylation is 1. The van der Waals surface area contributed by atoms with E-state index < -0.39 is 17.8 Å². The molecule has 0 aliphatic rings. The van der Waals surface area contributed by atoms with Gasteiger partial charge in [0, 0.05) is 18.2 Å². The Kier molecular flexibility index (Phi) is 12.9. The Labute approximate surface area is 276 Å². The van der Waals surface area contributed by atoms with Crippen molar-refractivity contribution in [2.75, 3.05) is 37.3 Å². The number of azo groups is 2. The van der Waals surface area contributed by atoms with Gasteiger partial charge in [-0.2, -0.15) is 20.5 Å². The Morgan fingerprint density at radius 1 is 0.667 bits per heavy atom. The van der Waals surface area contributed by atoms with E-state index in [0.717, 1.165) is 17.7 Å². The van der Waals surface area contributed by atoms with Crippen molar-refractivity contribution >= 4 is 46.1 Å². The van der Waals surface area contributed by atoms with Crippen LogP contribution in [0.25, 0.3) is 0 Å². The van der Waals surface area contributed by atoms with Crippen LogP contribution in [-0.2, 0) is 19.1 Å². The lowest BCUT2D eigenvalue weighted by atomic mass is 10.2. The second kappa shape index (κ2) is 17.9. The van der Waals surface area contributed by atoms with Gasteiger partial charge in [0.2, 0.25) is 0 Å². The lowest BCUT2D eigenvalue weighted by Crippen LogP contribution is -2.10. The summed E-state index contributed by atoms with van der Waals surface area (Å²) in [5.41, 5.74) is 9.80. The highest BCUT2D eigenvalue weighted by Gasteiger charge is 2.06. The maximum absolute atomic E-state index is 14.8. The number of halogens is 1. The van der Waals surface area contributed by atoms with Gasteiger partial charge in [0.05, 0.1) is 34.1 Å². The Bertz CT molecular complexity index is 1780. The number of rotatable bonds is 17. The number of ether oxygens (including phenoxy) is 4. The third-order valence-corrected chi connectivity index (χ3v) is 6.24. The van der Waals surface area contributed by atoms with Crippen LogP contribution in [0.3, 0.4) is 0 Å². The number of benzene rings is 4. The minimum atomic E-state index is -0.519. The van der Waals surface area contributed by atoms with Crippen LogP contribution in [-0.4, -0.2) is 38.4 Å². The Balaban J connectivity index is 1.24. The van der Waals surface area contributed by atoms with Gasteiger partial charge in [-0.05, 0) is 91.3 Å². The summed E-state index contributed by atoms with van der Waals surface area (Å²) in [6.07, 6.45) is 2.18. The SMILES string of the molecule is C=CC(=O)OCCOc1ccc(/N=N/c2ccc(NNc3ccc(/N=N/c4ccc(OCCOC(=O)C=C)cc4)c(C)c3)c(F)c2)cc1. The number of hydrogen-bond acceptors (Lipinski definition) is 12. The van der Waals surface area contributed by atoms with Gasteiger partial charge >= 0.3 is 11.9 Å². The van der Waals surface area contributed by atoms with Crippen LogP contribution in [0.4, 0.5) is 38.5 Å². The molecule has 4 rings (SSSR count). The van der Waals surface area contributed by atoms with E-state index in [0.29, 0.717) is 39.9 Å². The smallest absolute Gasteiger partial charge is 0.330 e. The van der Waals surface area contributed by atoms with E-state index in [4.69, 9.17) is 18.9 Å². The third-order valence-electron chi connectivity index (χ3n) is 6.24. The van der Waals surface area contributed by atoms with Gasteiger partial charge in [0.1, 0.15) is 43.7 Å². The molecule has 4 aromatic rings. The van der Waals surface area contributed by atoms with Crippen molar-refractivity contribution in [1.29, 1.82) is 0 Å². The van der Waals surface area contributed by atoms with E-state index in [9.17, 15) is 14.0 Å². The van der Waals surface area contributed by atoms with Gasteiger partial charge in [-0.15, -0.1) is 0 Å². The van der Waals surface area contributed by atoms with Crippen LogP contribution in [0.1, 0.15) is 5.56 Å². The molecule has 48 heavy (non-hydrogen) atoms. The highest BCUT2D eigenvalue weighted by molar-refractivity contribution is 5.81. The topological polar surface area (TPSA) is 145 Å². The monoisotopic (exact) mass is 652 g/mol. The molecule has 0 unspecified atom stereocenters. The number of anilines is 2. The molecule has 0 saturated heterocycles. The Morgan fingerprint density at radius 3 is 1.71 bits per heavy atom. The summed E-state index contributed by atoms with van der Waals surface area (Å²) in [4.78, 5) is 22.1. The number of nitrogens with zero attached hydrogens (tertiary/aromatic N) is 4. The molecule has 4 aromatic carbocycles. The van der Waals surface area contributed by atoms with Crippen molar-refractivity contribution in [2.24, 2.45) is 20.5 Å². The molecule has 12 nitrogen and oxygen atoms in total. The summed E-state index contributed by atoms with van der Waals surface area (Å²) in [5, 5.41) is 16.8. The van der Waals surface area contributed by atoms with E-state index >= 15 is 0 Å². The standard InChI is InChI=1S/C35H33FN6O6/c1-4-34(43)47-20-18-45-29-12-6-25(7-13-29)37-39-28-11-17-33(31(36)23-28)42-40-27-10-16-32(24(3)22-27)41-38-26-8-14-30(15-9-26)46-19-21-48-35(44)5-2/h4-17,22-23,40,42H,1-2,18-21H2,3H3/b39-37+,41-38+. The maximum Gasteiger partial charge on any atom is 0.330 e. The molecule has 0 aliphatic carbocycles. The Morgan fingerprint density at radius 2 is 1.19 bits per heavy atom. The van der Waals surface area contributed by atoms with E-state index in [1.807, 2.05) is 13.0 Å². The van der Waals surface area contributed by atoms with Gasteiger partial charge in [0.25, 0.3) is 0 Å². The first-order valence-corrected chi connectivity index (χ1v) is 14.6. The molecule has 0 spiro atoms. The first kappa shape index (κ1) is 34.5. The second-order valence-electron chi connectivity index (χ2n) is 9.74.